The molecule has 0 spiro atoms. The summed E-state index contributed by atoms with van der Waals surface area (Å²) in [7, 11) is 2.62. The maximum Gasteiger partial charge on any atom is 0.416 e. The highest BCUT2D eigenvalue weighted by atomic mass is 19.4. The molecular weight excluding hydrogens is 351 g/mol. The molecule has 0 N–H and O–H groups in total. The van der Waals surface area contributed by atoms with Crippen LogP contribution >= 0.6 is 0 Å². The molecule has 0 fully saturated rings. The van der Waals surface area contributed by atoms with Crippen molar-refractivity contribution in [2.45, 2.75) is 12.8 Å². The Labute approximate surface area is 148 Å². The van der Waals surface area contributed by atoms with E-state index in [2.05, 4.69) is 4.98 Å². The van der Waals surface area contributed by atoms with E-state index in [-0.39, 0.29) is 18.1 Å². The van der Waals surface area contributed by atoms with Gasteiger partial charge in [0.15, 0.2) is 0 Å². The van der Waals surface area contributed by atoms with Gasteiger partial charge in [-0.1, -0.05) is 24.3 Å². The molecule has 8 heteroatoms. The second-order valence-electron chi connectivity index (χ2n) is 5.09. The van der Waals surface area contributed by atoms with Gasteiger partial charge in [0, 0.05) is 12.3 Å². The number of rotatable bonds is 6. The van der Waals surface area contributed by atoms with Crippen LogP contribution in [0.25, 0.3) is 5.57 Å². The van der Waals surface area contributed by atoms with E-state index < -0.39 is 17.7 Å². The number of carbonyl (C=O) groups is 1. The van der Waals surface area contributed by atoms with Crippen LogP contribution in [0.5, 0.6) is 5.88 Å². The van der Waals surface area contributed by atoms with E-state index in [1.54, 1.807) is 24.3 Å². The first-order valence-electron chi connectivity index (χ1n) is 7.42. The number of esters is 1. The van der Waals surface area contributed by atoms with Gasteiger partial charge in [0.05, 0.1) is 26.0 Å². The normalized spacial score (nSPS) is 11.8. The standard InChI is InChI=1S/C18H16F3NO4/c1-24-11-15(17(23)25-2)14-6-4-3-5-12(14)10-26-16-9-13(7-8-22-16)18(19,20)21/h3-9,11H,10H2,1-2H3/b15-11+. The number of alkyl halides is 3. The van der Waals surface area contributed by atoms with Crippen molar-refractivity contribution in [2.75, 3.05) is 14.2 Å². The summed E-state index contributed by atoms with van der Waals surface area (Å²) in [4.78, 5) is 15.7. The molecule has 0 saturated heterocycles. The average Bonchev–Trinajstić information content (AvgIpc) is 2.64. The van der Waals surface area contributed by atoms with Gasteiger partial charge in [-0.2, -0.15) is 13.2 Å². The number of hydrogen-bond acceptors (Lipinski definition) is 5. The number of aromatic nitrogens is 1. The largest absolute Gasteiger partial charge is 0.503 e. The molecule has 0 bridgehead atoms. The minimum absolute atomic E-state index is 0.0947. The summed E-state index contributed by atoms with van der Waals surface area (Å²) < 4.78 is 53.3. The van der Waals surface area contributed by atoms with Crippen molar-refractivity contribution < 1.29 is 32.2 Å². The van der Waals surface area contributed by atoms with E-state index in [1.165, 1.54) is 20.5 Å². The third-order valence-corrected chi connectivity index (χ3v) is 3.39. The molecule has 138 valence electrons. The first-order valence-corrected chi connectivity index (χ1v) is 7.42. The van der Waals surface area contributed by atoms with E-state index in [9.17, 15) is 18.0 Å². The molecule has 1 heterocycles. The Bertz CT molecular complexity index is 803. The molecule has 0 aliphatic rings. The van der Waals surface area contributed by atoms with E-state index in [4.69, 9.17) is 14.2 Å². The lowest BCUT2D eigenvalue weighted by Gasteiger charge is -2.13. The Balaban J connectivity index is 2.26. The molecule has 26 heavy (non-hydrogen) atoms. The molecule has 0 unspecified atom stereocenters. The summed E-state index contributed by atoms with van der Waals surface area (Å²) in [6.45, 7) is -0.0947. The summed E-state index contributed by atoms with van der Waals surface area (Å²) in [5.41, 5.74) is 0.338. The molecule has 0 aliphatic heterocycles. The monoisotopic (exact) mass is 367 g/mol. The van der Waals surface area contributed by atoms with E-state index >= 15 is 0 Å². The lowest BCUT2D eigenvalue weighted by molar-refractivity contribution is -0.138. The minimum atomic E-state index is -4.49. The van der Waals surface area contributed by atoms with Gasteiger partial charge in [-0.25, -0.2) is 9.78 Å². The van der Waals surface area contributed by atoms with Crippen molar-refractivity contribution in [1.29, 1.82) is 0 Å². The van der Waals surface area contributed by atoms with Crippen molar-refractivity contribution in [3.8, 4) is 5.88 Å². The molecule has 0 aliphatic carbocycles. The zero-order valence-electron chi connectivity index (χ0n) is 14.0. The van der Waals surface area contributed by atoms with Gasteiger partial charge in [-0.3, -0.25) is 0 Å². The number of carbonyl (C=O) groups excluding carboxylic acids is 1. The number of nitrogens with zero attached hydrogens (tertiary/aromatic N) is 1. The third-order valence-electron chi connectivity index (χ3n) is 3.39. The number of pyridine rings is 1. The zero-order valence-corrected chi connectivity index (χ0v) is 14.0. The van der Waals surface area contributed by atoms with Crippen LogP contribution in [0.4, 0.5) is 13.2 Å². The van der Waals surface area contributed by atoms with Gasteiger partial charge in [-0.05, 0) is 17.2 Å². The van der Waals surface area contributed by atoms with Crippen molar-refractivity contribution in [1.82, 2.24) is 4.98 Å². The fourth-order valence-electron chi connectivity index (χ4n) is 2.17. The summed E-state index contributed by atoms with van der Waals surface area (Å²) in [5, 5.41) is 0. The molecule has 2 rings (SSSR count). The molecule has 5 nitrogen and oxygen atoms in total. The predicted octanol–water partition coefficient (Wildman–Crippen LogP) is 3.84. The summed E-state index contributed by atoms with van der Waals surface area (Å²) >= 11 is 0. The summed E-state index contributed by atoms with van der Waals surface area (Å²) in [5.74, 6) is -0.790. The fourth-order valence-corrected chi connectivity index (χ4v) is 2.17. The highest BCUT2D eigenvalue weighted by Crippen LogP contribution is 2.30. The number of ether oxygens (including phenoxy) is 3. The second kappa shape index (κ2) is 8.37. The number of halogens is 3. The molecule has 0 atom stereocenters. The van der Waals surface area contributed by atoms with Gasteiger partial charge in [-0.15, -0.1) is 0 Å². The number of benzene rings is 1. The van der Waals surface area contributed by atoms with Gasteiger partial charge >= 0.3 is 12.1 Å². The van der Waals surface area contributed by atoms with Gasteiger partial charge < -0.3 is 14.2 Å². The average molecular weight is 367 g/mol. The maximum atomic E-state index is 12.8. The predicted molar refractivity (Wildman–Crippen MR) is 87.0 cm³/mol. The second-order valence-corrected chi connectivity index (χ2v) is 5.09. The summed E-state index contributed by atoms with van der Waals surface area (Å²) in [6, 6.07) is 8.42. The Hall–Kier alpha value is -3.03. The lowest BCUT2D eigenvalue weighted by atomic mass is 10.0. The fraction of sp³-hybridized carbons (Fsp3) is 0.222. The van der Waals surface area contributed by atoms with Crippen LogP contribution in [-0.4, -0.2) is 25.2 Å². The van der Waals surface area contributed by atoms with Crippen LogP contribution in [0.2, 0.25) is 0 Å². The number of methoxy groups -OCH3 is 2. The first kappa shape index (κ1) is 19.3. The van der Waals surface area contributed by atoms with Crippen molar-refractivity contribution in [3.05, 3.63) is 65.5 Å². The Morgan fingerprint density at radius 1 is 1.19 bits per heavy atom. The van der Waals surface area contributed by atoms with E-state index in [0.29, 0.717) is 11.1 Å². The maximum absolute atomic E-state index is 12.8. The highest BCUT2D eigenvalue weighted by molar-refractivity contribution is 6.16. The van der Waals surface area contributed by atoms with Crippen molar-refractivity contribution in [2.24, 2.45) is 0 Å². The minimum Gasteiger partial charge on any atom is -0.503 e. The molecule has 2 aromatic rings. The SMILES string of the molecule is CO/C=C(/C(=O)OC)c1ccccc1COc1cc(C(F)(F)F)ccn1. The number of hydrogen-bond donors (Lipinski definition) is 0. The molecule has 0 amide bonds. The third kappa shape index (κ3) is 4.75. The highest BCUT2D eigenvalue weighted by Gasteiger charge is 2.31. The van der Waals surface area contributed by atoms with Crippen LogP contribution in [-0.2, 0) is 27.1 Å². The Kier molecular flexibility index (Phi) is 6.21. The van der Waals surface area contributed by atoms with Crippen LogP contribution < -0.4 is 4.74 Å². The van der Waals surface area contributed by atoms with Crippen LogP contribution in [0.3, 0.4) is 0 Å². The van der Waals surface area contributed by atoms with Crippen LogP contribution in [0.1, 0.15) is 16.7 Å². The zero-order chi connectivity index (χ0) is 19.2. The van der Waals surface area contributed by atoms with Crippen molar-refractivity contribution >= 4 is 11.5 Å². The Morgan fingerprint density at radius 2 is 1.92 bits per heavy atom. The Morgan fingerprint density at radius 3 is 2.58 bits per heavy atom. The topological polar surface area (TPSA) is 57.7 Å². The van der Waals surface area contributed by atoms with Crippen LogP contribution in [0.15, 0.2) is 48.9 Å². The molecule has 0 saturated carbocycles. The molecule has 1 aromatic heterocycles. The lowest BCUT2D eigenvalue weighted by Crippen LogP contribution is -2.09. The van der Waals surface area contributed by atoms with Gasteiger partial charge in [0.2, 0.25) is 5.88 Å². The molecule has 0 radical (unpaired) electrons. The quantitative estimate of drug-likeness (QED) is 0.441. The molecular formula is C18H16F3NO4. The van der Waals surface area contributed by atoms with E-state index in [1.807, 2.05) is 0 Å². The van der Waals surface area contributed by atoms with Crippen LogP contribution in [0, 0.1) is 0 Å². The van der Waals surface area contributed by atoms with E-state index in [0.717, 1.165) is 18.3 Å². The first-order chi connectivity index (χ1) is 12.4. The molecule has 1 aromatic carbocycles. The van der Waals surface area contributed by atoms with Crippen molar-refractivity contribution in [3.63, 3.8) is 0 Å². The summed E-state index contributed by atoms with van der Waals surface area (Å²) in [6.07, 6.45) is -2.24. The van der Waals surface area contributed by atoms with Gasteiger partial charge in [0.25, 0.3) is 0 Å². The smallest absolute Gasteiger partial charge is 0.416 e. The van der Waals surface area contributed by atoms with Gasteiger partial charge in [0.1, 0.15) is 12.2 Å².